The van der Waals surface area contributed by atoms with E-state index in [0.29, 0.717) is 157 Å². The average molecular weight is 663 g/mol. The van der Waals surface area contributed by atoms with E-state index in [4.69, 9.17) is 56.8 Å². The van der Waals surface area contributed by atoms with Gasteiger partial charge in [0.2, 0.25) is 0 Å². The Bertz CT molecular complexity index is 739. The van der Waals surface area contributed by atoms with Gasteiger partial charge in [0, 0.05) is 12.2 Å². The van der Waals surface area contributed by atoms with Crippen LogP contribution in [-0.4, -0.2) is 158 Å². The summed E-state index contributed by atoms with van der Waals surface area (Å²) in [5, 5.41) is 0. The number of hydrogen-bond acceptors (Lipinski definition) is 13. The van der Waals surface area contributed by atoms with Crippen LogP contribution in [0.4, 0.5) is 0 Å². The van der Waals surface area contributed by atoms with E-state index >= 15 is 0 Å². The Morgan fingerprint density at radius 2 is 0.652 bits per heavy atom. The normalized spacial score (nSPS) is 11.3. The molecule has 13 heteroatoms. The van der Waals surface area contributed by atoms with Crippen LogP contribution in [0, 0.1) is 0 Å². The van der Waals surface area contributed by atoms with Crippen LogP contribution in [0.5, 0.6) is 5.75 Å². The first-order valence-corrected chi connectivity index (χ1v) is 16.4. The molecule has 0 saturated heterocycles. The maximum atomic E-state index is 10.6. The third-order valence-corrected chi connectivity index (χ3v) is 5.87. The first-order valence-electron chi connectivity index (χ1n) is 16.4. The second-order valence-electron chi connectivity index (χ2n) is 9.62. The highest BCUT2D eigenvalue weighted by Crippen LogP contribution is 2.10. The molecule has 13 nitrogen and oxygen atoms in total. The summed E-state index contributed by atoms with van der Waals surface area (Å²) >= 11 is 0. The Labute approximate surface area is 275 Å². The topological polar surface area (TPSA) is 128 Å². The van der Waals surface area contributed by atoms with E-state index in [1.54, 1.807) is 24.3 Å². The lowest BCUT2D eigenvalue weighted by molar-refractivity contribution is -0.0277. The van der Waals surface area contributed by atoms with Gasteiger partial charge < -0.3 is 56.8 Å². The largest absolute Gasteiger partial charge is 0.491 e. The van der Waals surface area contributed by atoms with Crippen LogP contribution in [0.2, 0.25) is 0 Å². The van der Waals surface area contributed by atoms with Gasteiger partial charge in [-0.25, -0.2) is 0 Å². The number of unbranched alkanes of at least 4 members (excludes halogenated alkanes) is 1. The second-order valence-corrected chi connectivity index (χ2v) is 9.62. The monoisotopic (exact) mass is 662 g/mol. The van der Waals surface area contributed by atoms with E-state index in [0.717, 1.165) is 25.7 Å². The zero-order valence-electron chi connectivity index (χ0n) is 27.9. The molecule has 0 radical (unpaired) electrons. The molecule has 0 saturated carbocycles. The van der Waals surface area contributed by atoms with Crippen LogP contribution >= 0.6 is 0 Å². The van der Waals surface area contributed by atoms with E-state index in [1.165, 1.54) is 0 Å². The predicted molar refractivity (Wildman–Crippen MR) is 171 cm³/mol. The number of ether oxygens (including phenoxy) is 12. The maximum Gasteiger partial charge on any atom is 0.150 e. The summed E-state index contributed by atoms with van der Waals surface area (Å²) in [6.45, 7) is 14.3. The molecule has 0 aromatic heterocycles. The quantitative estimate of drug-likeness (QED) is 0.0761. The molecule has 268 valence electrons. The Morgan fingerprint density at radius 1 is 0.391 bits per heavy atom. The summed E-state index contributed by atoms with van der Waals surface area (Å²) in [5.41, 5.74) is 0.619. The van der Waals surface area contributed by atoms with Gasteiger partial charge in [-0.2, -0.15) is 0 Å². The standard InChI is InChI=1S/C33H58O13/c1-2-3-8-35-9-10-36-11-12-37-13-14-38-15-16-39-17-18-40-19-20-41-21-22-42-23-24-43-25-26-44-27-28-45-29-30-46-33-6-4-32(31-34)5-7-33/h4-7,31H,2-3,8-30H2,1H3. The molecule has 0 amide bonds. The van der Waals surface area contributed by atoms with Gasteiger partial charge in [-0.1, -0.05) is 13.3 Å². The molecule has 0 unspecified atom stereocenters. The molecule has 1 aromatic carbocycles. The van der Waals surface area contributed by atoms with Crippen LogP contribution in [0.3, 0.4) is 0 Å². The first kappa shape index (κ1) is 42.3. The van der Waals surface area contributed by atoms with Crippen LogP contribution in [0.25, 0.3) is 0 Å². The molecule has 0 aliphatic carbocycles. The van der Waals surface area contributed by atoms with Crippen molar-refractivity contribution in [2.75, 3.05) is 152 Å². The summed E-state index contributed by atoms with van der Waals surface area (Å²) in [4.78, 5) is 10.6. The van der Waals surface area contributed by atoms with Crippen molar-refractivity contribution in [2.45, 2.75) is 19.8 Å². The molecule has 0 bridgehead atoms. The summed E-state index contributed by atoms with van der Waals surface area (Å²) in [6, 6.07) is 6.94. The van der Waals surface area contributed by atoms with Crippen LogP contribution in [0.15, 0.2) is 24.3 Å². The molecule has 0 aliphatic heterocycles. The lowest BCUT2D eigenvalue weighted by Crippen LogP contribution is -2.15. The highest BCUT2D eigenvalue weighted by Gasteiger charge is 1.98. The zero-order valence-corrected chi connectivity index (χ0v) is 27.9. The molecule has 0 aliphatic rings. The maximum absolute atomic E-state index is 10.6. The fourth-order valence-corrected chi connectivity index (χ4v) is 3.41. The Morgan fingerprint density at radius 3 is 0.913 bits per heavy atom. The highest BCUT2D eigenvalue weighted by atomic mass is 16.6. The minimum Gasteiger partial charge on any atom is -0.491 e. The van der Waals surface area contributed by atoms with Crippen molar-refractivity contribution in [3.63, 3.8) is 0 Å². The lowest BCUT2D eigenvalue weighted by Gasteiger charge is -2.09. The average Bonchev–Trinajstić information content (AvgIpc) is 3.08. The summed E-state index contributed by atoms with van der Waals surface area (Å²) in [7, 11) is 0. The van der Waals surface area contributed by atoms with Gasteiger partial charge in [0.05, 0.1) is 139 Å². The van der Waals surface area contributed by atoms with Crippen molar-refractivity contribution in [1.82, 2.24) is 0 Å². The summed E-state index contributed by atoms with van der Waals surface area (Å²) in [6.07, 6.45) is 3.03. The van der Waals surface area contributed by atoms with Crippen molar-refractivity contribution >= 4 is 6.29 Å². The van der Waals surface area contributed by atoms with E-state index in [2.05, 4.69) is 6.92 Å². The molecular weight excluding hydrogens is 604 g/mol. The van der Waals surface area contributed by atoms with Crippen molar-refractivity contribution in [3.8, 4) is 5.75 Å². The molecule has 46 heavy (non-hydrogen) atoms. The van der Waals surface area contributed by atoms with Gasteiger partial charge >= 0.3 is 0 Å². The first-order chi connectivity index (χ1) is 22.9. The molecule has 0 heterocycles. The Hall–Kier alpha value is -1.75. The second kappa shape index (κ2) is 36.1. The fraction of sp³-hybridized carbons (Fsp3) is 0.788. The zero-order chi connectivity index (χ0) is 32.9. The number of rotatable bonds is 38. The molecule has 0 atom stereocenters. The van der Waals surface area contributed by atoms with Gasteiger partial charge in [0.15, 0.2) is 0 Å². The molecule has 0 N–H and O–H groups in total. The van der Waals surface area contributed by atoms with Crippen LogP contribution < -0.4 is 4.74 Å². The molecule has 1 rings (SSSR count). The van der Waals surface area contributed by atoms with E-state index in [1.807, 2.05) is 0 Å². The van der Waals surface area contributed by atoms with E-state index < -0.39 is 0 Å². The van der Waals surface area contributed by atoms with Gasteiger partial charge in [0.25, 0.3) is 0 Å². The van der Waals surface area contributed by atoms with Crippen molar-refractivity contribution in [2.24, 2.45) is 0 Å². The third kappa shape index (κ3) is 30.9. The summed E-state index contributed by atoms with van der Waals surface area (Å²) < 4.78 is 65.6. The van der Waals surface area contributed by atoms with Crippen molar-refractivity contribution in [1.29, 1.82) is 0 Å². The number of aldehydes is 1. The van der Waals surface area contributed by atoms with E-state index in [-0.39, 0.29) is 0 Å². The van der Waals surface area contributed by atoms with Gasteiger partial charge in [-0.15, -0.1) is 0 Å². The molecule has 0 spiro atoms. The predicted octanol–water partition coefficient (Wildman–Crippen LogP) is 2.86. The minimum atomic E-state index is 0.432. The smallest absolute Gasteiger partial charge is 0.150 e. The van der Waals surface area contributed by atoms with Gasteiger partial charge in [0.1, 0.15) is 18.6 Å². The van der Waals surface area contributed by atoms with Crippen molar-refractivity contribution in [3.05, 3.63) is 29.8 Å². The van der Waals surface area contributed by atoms with E-state index in [9.17, 15) is 4.79 Å². The number of carbonyl (C=O) groups excluding carboxylic acids is 1. The minimum absolute atomic E-state index is 0.432. The molecule has 1 aromatic rings. The molecular formula is C33H58O13. The number of hydrogen-bond donors (Lipinski definition) is 0. The number of benzene rings is 1. The third-order valence-electron chi connectivity index (χ3n) is 5.87. The molecule has 0 fully saturated rings. The SMILES string of the molecule is CCCCOCCOCCOCCOCCOCCOCCOCCOCCOCCOCCOCCOc1ccc(C=O)cc1. The van der Waals surface area contributed by atoms with Crippen molar-refractivity contribution < 1.29 is 61.6 Å². The Kier molecular flexibility index (Phi) is 33.2. The van der Waals surface area contributed by atoms with Gasteiger partial charge in [-0.3, -0.25) is 4.79 Å². The fourth-order valence-electron chi connectivity index (χ4n) is 3.41. The number of carbonyl (C=O) groups is 1. The van der Waals surface area contributed by atoms with Crippen LogP contribution in [-0.2, 0) is 52.1 Å². The lowest BCUT2D eigenvalue weighted by atomic mass is 10.2. The summed E-state index contributed by atoms with van der Waals surface area (Å²) in [5.74, 6) is 0.705. The van der Waals surface area contributed by atoms with Crippen LogP contribution in [0.1, 0.15) is 30.1 Å². The Balaban J connectivity index is 1.63. The highest BCUT2D eigenvalue weighted by molar-refractivity contribution is 5.74. The van der Waals surface area contributed by atoms with Gasteiger partial charge in [-0.05, 0) is 30.7 Å².